The third kappa shape index (κ3) is 16.3. The van der Waals surface area contributed by atoms with Crippen LogP contribution in [0, 0.1) is 5.92 Å². The van der Waals surface area contributed by atoms with Gasteiger partial charge in [0.1, 0.15) is 25.5 Å². The number of aliphatic hydroxyl groups is 1. The number of hydrogen-bond donors (Lipinski definition) is 3. The topological polar surface area (TPSA) is 217 Å². The first-order valence-corrected chi connectivity index (χ1v) is 14.4. The molecule has 0 saturated carbocycles. The predicted molar refractivity (Wildman–Crippen MR) is 160 cm³/mol. The Hall–Kier alpha value is -4.11. The van der Waals surface area contributed by atoms with Gasteiger partial charge in [-0.3, -0.25) is 14.5 Å². The van der Waals surface area contributed by atoms with Crippen LogP contribution in [-0.4, -0.2) is 81.8 Å². The molecule has 1 fully saturated rings. The Morgan fingerprint density at radius 2 is 1.47 bits per heavy atom. The average Bonchev–Trinajstić information content (AvgIpc) is 3.55. The summed E-state index contributed by atoms with van der Waals surface area (Å²) in [6.07, 6.45) is -0.0471. The van der Waals surface area contributed by atoms with Crippen molar-refractivity contribution >= 4 is 42.0 Å². The fourth-order valence-electron chi connectivity index (χ4n) is 3.93. The van der Waals surface area contributed by atoms with Crippen molar-refractivity contribution in [3.8, 4) is 0 Å². The van der Waals surface area contributed by atoms with Crippen molar-refractivity contribution in [1.82, 2.24) is 10.2 Å². The van der Waals surface area contributed by atoms with Crippen molar-refractivity contribution in [3.63, 3.8) is 0 Å². The number of aliphatic carboxylic acids is 2. The Bertz CT molecular complexity index is 1310. The summed E-state index contributed by atoms with van der Waals surface area (Å²) in [5, 5.41) is 30.3. The molecule has 1 heterocycles. The Morgan fingerprint density at radius 1 is 0.957 bits per heavy atom. The van der Waals surface area contributed by atoms with Gasteiger partial charge < -0.3 is 39.7 Å². The molecule has 1 aliphatic rings. The minimum Gasteiger partial charge on any atom is -0.542 e. The number of likely N-dealkylation sites (tertiary alicyclic amines) is 1. The van der Waals surface area contributed by atoms with Gasteiger partial charge >= 0.3 is 47.7 Å². The number of nitrogens with one attached hydrogen (secondary N) is 1. The number of carbonyl (C=O) groups is 7. The van der Waals surface area contributed by atoms with Crippen molar-refractivity contribution in [2.75, 3.05) is 6.54 Å². The molecule has 14 nitrogen and oxygen atoms in total. The number of aldehydes is 1. The van der Waals surface area contributed by atoms with Gasteiger partial charge in [-0.25, -0.2) is 14.4 Å². The Labute approximate surface area is 294 Å². The van der Waals surface area contributed by atoms with E-state index >= 15 is 0 Å². The van der Waals surface area contributed by atoms with Gasteiger partial charge in [-0.15, -0.1) is 0 Å². The molecule has 15 heteroatoms. The van der Waals surface area contributed by atoms with E-state index in [0.29, 0.717) is 6.54 Å². The maximum absolute atomic E-state index is 11.7. The summed E-state index contributed by atoms with van der Waals surface area (Å²) in [5.74, 6) is -6.31. The molecule has 2 amide bonds. The van der Waals surface area contributed by atoms with Gasteiger partial charge in [0, 0.05) is 13.0 Å². The van der Waals surface area contributed by atoms with E-state index < -0.39 is 53.8 Å². The van der Waals surface area contributed by atoms with Crippen LogP contribution in [0.3, 0.4) is 0 Å². The van der Waals surface area contributed by atoms with Gasteiger partial charge in [0.05, 0.1) is 24.1 Å². The second kappa shape index (κ2) is 23.2. The number of carbonyl (C=O) groups excluding carboxylic acids is 6. The van der Waals surface area contributed by atoms with Gasteiger partial charge in [0.15, 0.2) is 5.78 Å². The van der Waals surface area contributed by atoms with E-state index in [2.05, 4.69) is 5.32 Å². The summed E-state index contributed by atoms with van der Waals surface area (Å²) in [6.45, 7) is 5.14. The number of nitrogens with zero attached hydrogens (tertiary/aromatic N) is 1. The number of carboxylic acids is 2. The molecule has 0 radical (unpaired) electrons. The quantitative estimate of drug-likeness (QED) is 0.136. The summed E-state index contributed by atoms with van der Waals surface area (Å²) in [5.41, 5.74) is 1.75. The minimum absolute atomic E-state index is 0. The maximum Gasteiger partial charge on any atom is 1.00 e. The van der Waals surface area contributed by atoms with Crippen LogP contribution in [0.1, 0.15) is 51.2 Å². The zero-order valence-corrected chi connectivity index (χ0v) is 28.8. The van der Waals surface area contributed by atoms with Crippen molar-refractivity contribution < 1.29 is 87.9 Å². The zero-order valence-electron chi connectivity index (χ0n) is 26.8. The summed E-state index contributed by atoms with van der Waals surface area (Å²) < 4.78 is 10.1. The molecule has 0 spiro atoms. The molecule has 2 aromatic rings. The number of aliphatic hydroxyl groups excluding tert-OH is 1. The largest absolute Gasteiger partial charge is 1.00 e. The molecule has 1 aliphatic heterocycles. The molecule has 47 heavy (non-hydrogen) atoms. The number of amides is 2. The first-order chi connectivity index (χ1) is 21.8. The second-order valence-electron chi connectivity index (χ2n) is 10.1. The maximum atomic E-state index is 11.7. The third-order valence-corrected chi connectivity index (χ3v) is 6.65. The molecule has 1 saturated heterocycles. The molecular formula is C32H39N2NaO12. The van der Waals surface area contributed by atoms with Gasteiger partial charge in [-0.05, 0) is 30.9 Å². The van der Waals surface area contributed by atoms with E-state index in [1.165, 1.54) is 25.7 Å². The number of alkyl carbamates (subject to hydrolysis) is 1. The van der Waals surface area contributed by atoms with Crippen LogP contribution in [0.4, 0.5) is 9.59 Å². The van der Waals surface area contributed by atoms with Crippen LogP contribution in [-0.2, 0) is 46.7 Å². The van der Waals surface area contributed by atoms with E-state index in [9.17, 15) is 43.8 Å². The van der Waals surface area contributed by atoms with Crippen LogP contribution in [0.15, 0.2) is 60.7 Å². The fourth-order valence-corrected chi connectivity index (χ4v) is 3.93. The van der Waals surface area contributed by atoms with Gasteiger partial charge in [0.25, 0.3) is 0 Å². The number of carboxylic acid groups (broad SMARTS) is 2. The van der Waals surface area contributed by atoms with Crippen LogP contribution in [0.5, 0.6) is 0 Å². The monoisotopic (exact) mass is 666 g/mol. The summed E-state index contributed by atoms with van der Waals surface area (Å²) in [6, 6.07) is 17.4. The van der Waals surface area contributed by atoms with Gasteiger partial charge in [-0.1, -0.05) is 74.5 Å². The van der Waals surface area contributed by atoms with E-state index in [1.807, 2.05) is 48.5 Å². The normalized spacial score (nSPS) is 14.9. The molecule has 0 aromatic heterocycles. The van der Waals surface area contributed by atoms with Crippen LogP contribution in [0.2, 0.25) is 0 Å². The Morgan fingerprint density at radius 3 is 1.89 bits per heavy atom. The summed E-state index contributed by atoms with van der Waals surface area (Å²) in [4.78, 5) is 76.8. The standard InChI is InChI=1S/C15H19NO6.C13H15NO3.C4H6O3.Na/c1-9(13(18)14(19)20)12(17)10(2)16-15(21)22-8-11-6-4-3-5-7-11;15-9-12-7-4-8-14(12)13(16)17-10-11-5-2-1-3-6-11;1-2-3(5)4(6)7;/h3-7,9-10,12,17H,8H2,1-2H3,(H,16,21)(H,19,20);1-3,5-6,9,12H,4,7-8,10H2;2H2,1H3,(H,6,7);/q;;;+1/p-1. The number of ether oxygens (including phenoxy) is 2. The smallest absolute Gasteiger partial charge is 0.542 e. The number of ketones is 2. The van der Waals surface area contributed by atoms with Crippen molar-refractivity contribution in [1.29, 1.82) is 0 Å². The Kier molecular flexibility index (Phi) is 21.2. The summed E-state index contributed by atoms with van der Waals surface area (Å²) >= 11 is 0. The molecule has 3 rings (SSSR count). The SMILES string of the molecule is CC(NC(=O)OCc1ccccc1)C(O)C(C)C(=O)C(=O)O.CCC(=O)C(=O)[O-].O=CC1CCCN1C(=O)OCc1ccccc1.[Na+]. The molecular weight excluding hydrogens is 627 g/mol. The number of hydrogen-bond acceptors (Lipinski definition) is 11. The minimum atomic E-state index is -1.62. The van der Waals surface area contributed by atoms with Gasteiger partial charge in [-0.2, -0.15) is 0 Å². The van der Waals surface area contributed by atoms with Crippen molar-refractivity contribution in [2.45, 2.75) is 71.4 Å². The summed E-state index contributed by atoms with van der Waals surface area (Å²) in [7, 11) is 0. The van der Waals surface area contributed by atoms with E-state index in [-0.39, 0.29) is 55.2 Å². The first kappa shape index (κ1) is 42.9. The van der Waals surface area contributed by atoms with Crippen LogP contribution < -0.4 is 40.0 Å². The van der Waals surface area contributed by atoms with E-state index in [4.69, 9.17) is 14.6 Å². The molecule has 0 bridgehead atoms. The van der Waals surface area contributed by atoms with Crippen molar-refractivity contribution in [2.24, 2.45) is 5.92 Å². The van der Waals surface area contributed by atoms with Crippen molar-refractivity contribution in [3.05, 3.63) is 71.8 Å². The number of benzene rings is 2. The molecule has 4 unspecified atom stereocenters. The van der Waals surface area contributed by atoms with Crippen LogP contribution >= 0.6 is 0 Å². The van der Waals surface area contributed by atoms with Gasteiger partial charge in [0.2, 0.25) is 5.78 Å². The zero-order chi connectivity index (χ0) is 34.6. The molecule has 0 aliphatic carbocycles. The van der Waals surface area contributed by atoms with E-state index in [1.54, 1.807) is 12.1 Å². The molecule has 4 atom stereocenters. The number of Topliss-reactive ketones (excluding diaryl/α,β-unsaturated/α-hetero) is 2. The second-order valence-corrected chi connectivity index (χ2v) is 10.1. The van der Waals surface area contributed by atoms with E-state index in [0.717, 1.165) is 30.3 Å². The fraction of sp³-hybridized carbons (Fsp3) is 0.406. The Balaban J connectivity index is 0.000000750. The molecule has 3 N–H and O–H groups in total. The number of rotatable bonds is 12. The first-order valence-electron chi connectivity index (χ1n) is 14.4. The molecule has 250 valence electrons. The molecule has 2 aromatic carbocycles. The van der Waals surface area contributed by atoms with Crippen LogP contribution in [0.25, 0.3) is 0 Å². The average molecular weight is 667 g/mol. The predicted octanol–water partition coefficient (Wildman–Crippen LogP) is -1.34. The third-order valence-electron chi connectivity index (χ3n) is 6.65.